The van der Waals surface area contributed by atoms with Crippen molar-refractivity contribution < 1.29 is 9.15 Å². The third-order valence-corrected chi connectivity index (χ3v) is 5.20. The van der Waals surface area contributed by atoms with Crippen molar-refractivity contribution in [1.82, 2.24) is 15.1 Å². The van der Waals surface area contributed by atoms with Gasteiger partial charge in [-0.3, -0.25) is 14.8 Å². The summed E-state index contributed by atoms with van der Waals surface area (Å²) in [5.41, 5.74) is 6.08. The van der Waals surface area contributed by atoms with E-state index in [1.165, 1.54) is 19.3 Å². The van der Waals surface area contributed by atoms with Crippen LogP contribution in [0, 0.1) is 0 Å². The Morgan fingerprint density at radius 3 is 2.73 bits per heavy atom. The number of morpholine rings is 1. The van der Waals surface area contributed by atoms with Gasteiger partial charge >= 0.3 is 0 Å². The molecule has 146 valence electrons. The fourth-order valence-corrected chi connectivity index (χ4v) is 3.68. The van der Waals surface area contributed by atoms with E-state index in [1.54, 1.807) is 6.26 Å². The highest BCUT2D eigenvalue weighted by molar-refractivity contribution is 5.77. The first-order valence-corrected chi connectivity index (χ1v) is 9.94. The summed E-state index contributed by atoms with van der Waals surface area (Å²) in [6.07, 6.45) is 6.61. The van der Waals surface area contributed by atoms with E-state index in [1.807, 2.05) is 12.1 Å². The standard InChI is InChI=1S/C19H33N5O2/c20-19(21-7-5-8-23-11-14-25-15-12-23)22-16-17(18-6-4-13-26-18)24-9-2-1-3-10-24/h4,6,13,17H,1-3,5,7-12,14-16H2,(H3,20,21,22). The molecule has 7 heteroatoms. The van der Waals surface area contributed by atoms with Gasteiger partial charge in [0.2, 0.25) is 0 Å². The number of aliphatic imine (C=N–C) groups is 1. The van der Waals surface area contributed by atoms with E-state index in [4.69, 9.17) is 14.9 Å². The van der Waals surface area contributed by atoms with Gasteiger partial charge in [-0.1, -0.05) is 6.42 Å². The Hall–Kier alpha value is -1.57. The van der Waals surface area contributed by atoms with Crippen LogP contribution in [0.4, 0.5) is 0 Å². The van der Waals surface area contributed by atoms with Gasteiger partial charge in [0.1, 0.15) is 5.76 Å². The van der Waals surface area contributed by atoms with Gasteiger partial charge in [-0.15, -0.1) is 0 Å². The highest BCUT2D eigenvalue weighted by Gasteiger charge is 2.24. The van der Waals surface area contributed by atoms with Gasteiger partial charge in [-0.25, -0.2) is 0 Å². The van der Waals surface area contributed by atoms with Gasteiger partial charge < -0.3 is 20.2 Å². The number of nitrogens with two attached hydrogens (primary N) is 1. The number of likely N-dealkylation sites (tertiary alicyclic amines) is 1. The van der Waals surface area contributed by atoms with E-state index in [2.05, 4.69) is 20.1 Å². The number of furan rings is 1. The molecule has 2 saturated heterocycles. The molecule has 3 heterocycles. The lowest BCUT2D eigenvalue weighted by Gasteiger charge is -2.32. The van der Waals surface area contributed by atoms with Crippen molar-refractivity contribution in [2.24, 2.45) is 10.7 Å². The Morgan fingerprint density at radius 1 is 1.19 bits per heavy atom. The average Bonchev–Trinajstić information content (AvgIpc) is 3.22. The first-order chi connectivity index (χ1) is 12.8. The summed E-state index contributed by atoms with van der Waals surface area (Å²) < 4.78 is 11.0. The molecule has 0 spiro atoms. The Labute approximate surface area is 156 Å². The summed E-state index contributed by atoms with van der Waals surface area (Å²) in [6.45, 7) is 8.53. The number of ether oxygens (including phenoxy) is 1. The Balaban J connectivity index is 1.42. The van der Waals surface area contributed by atoms with E-state index in [9.17, 15) is 0 Å². The molecule has 1 aromatic rings. The van der Waals surface area contributed by atoms with Crippen LogP contribution in [0.3, 0.4) is 0 Å². The third kappa shape index (κ3) is 6.00. The van der Waals surface area contributed by atoms with Gasteiger partial charge in [0.25, 0.3) is 0 Å². The van der Waals surface area contributed by atoms with Crippen LogP contribution in [0.25, 0.3) is 0 Å². The van der Waals surface area contributed by atoms with Gasteiger partial charge in [0.15, 0.2) is 5.96 Å². The minimum absolute atomic E-state index is 0.180. The molecular weight excluding hydrogens is 330 g/mol. The molecule has 1 aromatic heterocycles. The molecule has 0 bridgehead atoms. The molecule has 3 rings (SSSR count). The smallest absolute Gasteiger partial charge is 0.188 e. The van der Waals surface area contributed by atoms with Crippen molar-refractivity contribution in [2.45, 2.75) is 31.7 Å². The van der Waals surface area contributed by atoms with Crippen LogP contribution in [0.15, 0.2) is 27.8 Å². The normalized spacial score (nSPS) is 21.6. The van der Waals surface area contributed by atoms with Gasteiger partial charge in [0.05, 0.1) is 32.1 Å². The number of guanidine groups is 1. The summed E-state index contributed by atoms with van der Waals surface area (Å²) >= 11 is 0. The van der Waals surface area contributed by atoms with Crippen molar-refractivity contribution in [2.75, 3.05) is 59.0 Å². The predicted molar refractivity (Wildman–Crippen MR) is 103 cm³/mol. The fraction of sp³-hybridized carbons (Fsp3) is 0.737. The maximum atomic E-state index is 6.08. The lowest BCUT2D eigenvalue weighted by molar-refractivity contribution is 0.0376. The SMILES string of the molecule is NC(=NCC(c1ccco1)N1CCCCC1)NCCCN1CCOCC1. The molecule has 2 aliphatic heterocycles. The topological polar surface area (TPSA) is 79.3 Å². The third-order valence-electron chi connectivity index (χ3n) is 5.20. The number of nitrogens with zero attached hydrogens (tertiary/aromatic N) is 3. The first-order valence-electron chi connectivity index (χ1n) is 9.94. The Morgan fingerprint density at radius 2 is 2.00 bits per heavy atom. The molecule has 1 atom stereocenters. The fourth-order valence-electron chi connectivity index (χ4n) is 3.68. The zero-order valence-electron chi connectivity index (χ0n) is 15.7. The summed E-state index contributed by atoms with van der Waals surface area (Å²) in [7, 11) is 0. The monoisotopic (exact) mass is 363 g/mol. The molecule has 0 saturated carbocycles. The van der Waals surface area contributed by atoms with Gasteiger partial charge in [-0.2, -0.15) is 0 Å². The number of hydrogen-bond donors (Lipinski definition) is 2. The molecule has 0 radical (unpaired) electrons. The van der Waals surface area contributed by atoms with Gasteiger partial charge in [-0.05, 0) is 51.0 Å². The van der Waals surface area contributed by atoms with Crippen molar-refractivity contribution in [3.05, 3.63) is 24.2 Å². The maximum absolute atomic E-state index is 6.08. The van der Waals surface area contributed by atoms with Crippen LogP contribution in [0.5, 0.6) is 0 Å². The zero-order valence-corrected chi connectivity index (χ0v) is 15.7. The Bertz CT molecular complexity index is 522. The molecule has 3 N–H and O–H groups in total. The second kappa shape index (κ2) is 10.5. The molecule has 7 nitrogen and oxygen atoms in total. The molecule has 0 aromatic carbocycles. The molecule has 2 fully saturated rings. The highest BCUT2D eigenvalue weighted by Crippen LogP contribution is 2.25. The lowest BCUT2D eigenvalue weighted by Crippen LogP contribution is -2.39. The largest absolute Gasteiger partial charge is 0.468 e. The molecule has 26 heavy (non-hydrogen) atoms. The van der Waals surface area contributed by atoms with E-state index in [0.29, 0.717) is 12.5 Å². The summed E-state index contributed by atoms with van der Waals surface area (Å²) in [6, 6.07) is 4.17. The predicted octanol–water partition coefficient (Wildman–Crippen LogP) is 1.43. The quantitative estimate of drug-likeness (QED) is 0.413. The van der Waals surface area contributed by atoms with Gasteiger partial charge in [0, 0.05) is 19.6 Å². The molecule has 0 amide bonds. The summed E-state index contributed by atoms with van der Waals surface area (Å²) in [5, 5.41) is 3.25. The zero-order chi connectivity index (χ0) is 18.0. The van der Waals surface area contributed by atoms with E-state index in [-0.39, 0.29) is 6.04 Å². The van der Waals surface area contributed by atoms with E-state index >= 15 is 0 Å². The van der Waals surface area contributed by atoms with Crippen LogP contribution < -0.4 is 11.1 Å². The van der Waals surface area contributed by atoms with Crippen LogP contribution in [-0.4, -0.2) is 74.8 Å². The highest BCUT2D eigenvalue weighted by atomic mass is 16.5. The number of nitrogens with one attached hydrogen (secondary N) is 1. The van der Waals surface area contributed by atoms with Crippen LogP contribution >= 0.6 is 0 Å². The lowest BCUT2D eigenvalue weighted by atomic mass is 10.1. The van der Waals surface area contributed by atoms with Crippen molar-refractivity contribution in [3.8, 4) is 0 Å². The second-order valence-electron chi connectivity index (χ2n) is 7.09. The van der Waals surface area contributed by atoms with Crippen LogP contribution in [0.1, 0.15) is 37.5 Å². The second-order valence-corrected chi connectivity index (χ2v) is 7.09. The van der Waals surface area contributed by atoms with E-state index < -0.39 is 0 Å². The summed E-state index contributed by atoms with van der Waals surface area (Å²) in [4.78, 5) is 9.49. The minimum Gasteiger partial charge on any atom is -0.468 e. The van der Waals surface area contributed by atoms with Crippen LogP contribution in [-0.2, 0) is 4.74 Å². The van der Waals surface area contributed by atoms with Crippen molar-refractivity contribution in [3.63, 3.8) is 0 Å². The van der Waals surface area contributed by atoms with Crippen LogP contribution in [0.2, 0.25) is 0 Å². The maximum Gasteiger partial charge on any atom is 0.188 e. The first kappa shape index (κ1) is 19.2. The minimum atomic E-state index is 0.180. The summed E-state index contributed by atoms with van der Waals surface area (Å²) in [5.74, 6) is 1.51. The number of piperidine rings is 1. The number of rotatable bonds is 8. The van der Waals surface area contributed by atoms with Crippen molar-refractivity contribution >= 4 is 5.96 Å². The molecule has 2 aliphatic rings. The number of hydrogen-bond acceptors (Lipinski definition) is 5. The average molecular weight is 364 g/mol. The molecule has 0 aliphatic carbocycles. The van der Waals surface area contributed by atoms with Crippen molar-refractivity contribution in [1.29, 1.82) is 0 Å². The molecule has 1 unspecified atom stereocenters. The Kier molecular flexibility index (Phi) is 7.79. The molecular formula is C19H33N5O2. The van der Waals surface area contributed by atoms with E-state index in [0.717, 1.165) is 64.7 Å².